The number of sulfone groups is 1. The molecule has 2 fully saturated rings. The predicted octanol–water partition coefficient (Wildman–Crippen LogP) is 2.29. The van der Waals surface area contributed by atoms with E-state index < -0.39 is 44.8 Å². The Labute approximate surface area is 192 Å². The van der Waals surface area contributed by atoms with E-state index in [0.717, 1.165) is 25.2 Å². The van der Waals surface area contributed by atoms with Crippen molar-refractivity contribution in [2.75, 3.05) is 24.3 Å². The lowest BCUT2D eigenvalue weighted by Crippen LogP contribution is -2.53. The van der Waals surface area contributed by atoms with Crippen molar-refractivity contribution in [2.45, 2.75) is 56.7 Å². The number of ether oxygens (including phenoxy) is 2. The van der Waals surface area contributed by atoms with Gasteiger partial charge < -0.3 is 9.47 Å². The van der Waals surface area contributed by atoms with E-state index in [-0.39, 0.29) is 24.2 Å². The summed E-state index contributed by atoms with van der Waals surface area (Å²) in [7, 11) is -3.94. The molecule has 1 N–H and O–H groups in total. The second-order valence-electron chi connectivity index (χ2n) is 8.21. The molecule has 1 aromatic carbocycles. The Balaban J connectivity index is 1.72. The van der Waals surface area contributed by atoms with Crippen molar-refractivity contribution in [3.8, 4) is 11.8 Å². The molecular formula is C22H27FN2O7S. The zero-order valence-electron chi connectivity index (χ0n) is 18.7. The second kappa shape index (κ2) is 10.1. The third kappa shape index (κ3) is 5.63. The summed E-state index contributed by atoms with van der Waals surface area (Å²) in [6, 6.07) is 4.12. The fourth-order valence-corrected chi connectivity index (χ4v) is 4.49. The van der Waals surface area contributed by atoms with Gasteiger partial charge in [-0.05, 0) is 44.9 Å². The van der Waals surface area contributed by atoms with Gasteiger partial charge in [-0.25, -0.2) is 27.9 Å². The SMILES string of the molecule is CC#Cc1ccc(N2CC(C[C@](C)(C(=O)NOC3CCCCO3)S(C)(=O)=O)OC2=O)cc1F. The van der Waals surface area contributed by atoms with E-state index in [4.69, 9.17) is 14.3 Å². The summed E-state index contributed by atoms with van der Waals surface area (Å²) in [4.78, 5) is 31.7. The van der Waals surface area contributed by atoms with Gasteiger partial charge in [0.25, 0.3) is 5.91 Å². The molecule has 0 aromatic heterocycles. The third-order valence-corrected chi connectivity index (χ3v) is 7.72. The highest BCUT2D eigenvalue weighted by Gasteiger charge is 2.49. The zero-order chi connectivity index (χ0) is 24.2. The fourth-order valence-electron chi connectivity index (χ4n) is 3.62. The smallest absolute Gasteiger partial charge is 0.414 e. The van der Waals surface area contributed by atoms with Crippen LogP contribution in [-0.4, -0.2) is 57.0 Å². The van der Waals surface area contributed by atoms with Crippen LogP contribution in [0.3, 0.4) is 0 Å². The maximum atomic E-state index is 14.2. The first-order valence-electron chi connectivity index (χ1n) is 10.5. The number of benzene rings is 1. The molecule has 0 aliphatic carbocycles. The van der Waals surface area contributed by atoms with E-state index >= 15 is 0 Å². The molecule has 11 heteroatoms. The number of anilines is 1. The standard InChI is InChI=1S/C22H27FN2O7S/c1-4-7-15-9-10-16(12-18(15)23)25-14-17(31-21(25)27)13-22(2,33(3,28)29)20(26)24-32-19-8-5-6-11-30-19/h9-10,12,17,19H,5-6,8,11,13-14H2,1-3H3,(H,24,26)/t17?,19?,22-/m1/s1. The minimum Gasteiger partial charge on any atom is -0.444 e. The molecular weight excluding hydrogens is 455 g/mol. The Kier molecular flexibility index (Phi) is 7.62. The lowest BCUT2D eigenvalue weighted by Gasteiger charge is -2.29. The number of amides is 2. The number of hydrogen-bond acceptors (Lipinski definition) is 7. The monoisotopic (exact) mass is 482 g/mol. The van der Waals surface area contributed by atoms with Gasteiger partial charge in [-0.3, -0.25) is 9.69 Å². The Bertz CT molecular complexity index is 1080. The molecule has 2 saturated heterocycles. The largest absolute Gasteiger partial charge is 0.444 e. The van der Waals surface area contributed by atoms with Crippen molar-refractivity contribution in [3.63, 3.8) is 0 Å². The lowest BCUT2D eigenvalue weighted by atomic mass is 10.0. The maximum Gasteiger partial charge on any atom is 0.414 e. The number of rotatable bonds is 7. The summed E-state index contributed by atoms with van der Waals surface area (Å²) < 4.78 is 48.1. The van der Waals surface area contributed by atoms with Gasteiger partial charge in [0, 0.05) is 25.7 Å². The van der Waals surface area contributed by atoms with Crippen LogP contribution in [-0.2, 0) is 28.9 Å². The molecule has 180 valence electrons. The Morgan fingerprint density at radius 3 is 2.76 bits per heavy atom. The summed E-state index contributed by atoms with van der Waals surface area (Å²) in [6.45, 7) is 3.27. The highest BCUT2D eigenvalue weighted by molar-refractivity contribution is 7.92. The minimum atomic E-state index is -3.94. The lowest BCUT2D eigenvalue weighted by molar-refractivity contribution is -0.201. The van der Waals surface area contributed by atoms with Crippen molar-refractivity contribution in [3.05, 3.63) is 29.6 Å². The zero-order valence-corrected chi connectivity index (χ0v) is 19.5. The van der Waals surface area contributed by atoms with E-state index in [1.165, 1.54) is 24.0 Å². The van der Waals surface area contributed by atoms with Gasteiger partial charge >= 0.3 is 6.09 Å². The molecule has 0 saturated carbocycles. The number of hydrogen-bond donors (Lipinski definition) is 1. The van der Waals surface area contributed by atoms with Crippen LogP contribution in [0.2, 0.25) is 0 Å². The van der Waals surface area contributed by atoms with Gasteiger partial charge in [-0.2, -0.15) is 0 Å². The van der Waals surface area contributed by atoms with Crippen LogP contribution in [0.1, 0.15) is 45.1 Å². The molecule has 2 heterocycles. The van der Waals surface area contributed by atoms with Crippen molar-refractivity contribution in [1.29, 1.82) is 0 Å². The normalized spacial score (nSPS) is 22.7. The van der Waals surface area contributed by atoms with Gasteiger partial charge in [0.05, 0.1) is 17.8 Å². The van der Waals surface area contributed by atoms with Gasteiger partial charge in [0.15, 0.2) is 20.9 Å². The fraction of sp³-hybridized carbons (Fsp3) is 0.545. The van der Waals surface area contributed by atoms with Crippen molar-refractivity contribution >= 4 is 27.5 Å². The molecule has 2 amide bonds. The Morgan fingerprint density at radius 1 is 1.39 bits per heavy atom. The van der Waals surface area contributed by atoms with Crippen molar-refractivity contribution < 1.29 is 36.7 Å². The van der Waals surface area contributed by atoms with Crippen molar-refractivity contribution in [2.24, 2.45) is 0 Å². The molecule has 2 aliphatic rings. The van der Waals surface area contributed by atoms with Crippen LogP contribution in [0.5, 0.6) is 0 Å². The number of carbonyl (C=O) groups is 2. The third-order valence-electron chi connectivity index (χ3n) is 5.73. The molecule has 33 heavy (non-hydrogen) atoms. The molecule has 2 aliphatic heterocycles. The molecule has 0 spiro atoms. The van der Waals surface area contributed by atoms with Gasteiger partial charge in [0.2, 0.25) is 0 Å². The number of nitrogens with zero attached hydrogens (tertiary/aromatic N) is 1. The molecule has 3 atom stereocenters. The summed E-state index contributed by atoms with van der Waals surface area (Å²) in [5.41, 5.74) is 2.62. The number of nitrogens with one attached hydrogen (secondary N) is 1. The molecule has 2 unspecified atom stereocenters. The Morgan fingerprint density at radius 2 is 2.15 bits per heavy atom. The van der Waals surface area contributed by atoms with Crippen LogP contribution in [0.4, 0.5) is 14.9 Å². The van der Waals surface area contributed by atoms with Crippen LogP contribution < -0.4 is 10.4 Å². The summed E-state index contributed by atoms with van der Waals surface area (Å²) in [5.74, 6) is 3.74. The number of hydroxylamine groups is 1. The molecule has 9 nitrogen and oxygen atoms in total. The first-order valence-corrected chi connectivity index (χ1v) is 12.4. The van der Waals surface area contributed by atoms with E-state index in [1.54, 1.807) is 6.92 Å². The highest BCUT2D eigenvalue weighted by Crippen LogP contribution is 2.31. The highest BCUT2D eigenvalue weighted by atomic mass is 32.2. The molecule has 0 bridgehead atoms. The molecule has 3 rings (SSSR count). The summed E-state index contributed by atoms with van der Waals surface area (Å²) >= 11 is 0. The predicted molar refractivity (Wildman–Crippen MR) is 117 cm³/mol. The maximum absolute atomic E-state index is 14.2. The van der Waals surface area contributed by atoms with Crippen LogP contribution in [0.15, 0.2) is 18.2 Å². The number of carbonyl (C=O) groups excluding carboxylic acids is 2. The average Bonchev–Trinajstić information content (AvgIpc) is 3.13. The van der Waals surface area contributed by atoms with E-state index in [1.807, 2.05) is 0 Å². The summed E-state index contributed by atoms with van der Waals surface area (Å²) in [6.07, 6.45) is 0.606. The quantitative estimate of drug-likeness (QED) is 0.469. The topological polar surface area (TPSA) is 111 Å². The van der Waals surface area contributed by atoms with Gasteiger partial charge in [0.1, 0.15) is 11.9 Å². The van der Waals surface area contributed by atoms with Crippen LogP contribution in [0.25, 0.3) is 0 Å². The second-order valence-corrected chi connectivity index (χ2v) is 10.7. The van der Waals surface area contributed by atoms with E-state index in [2.05, 4.69) is 17.3 Å². The van der Waals surface area contributed by atoms with Crippen LogP contribution >= 0.6 is 0 Å². The number of cyclic esters (lactones) is 1. The van der Waals surface area contributed by atoms with Crippen LogP contribution in [0, 0.1) is 17.7 Å². The van der Waals surface area contributed by atoms with E-state index in [9.17, 15) is 22.4 Å². The summed E-state index contributed by atoms with van der Waals surface area (Å²) in [5, 5.41) is 0. The van der Waals surface area contributed by atoms with Gasteiger partial charge in [-0.15, -0.1) is 5.92 Å². The molecule has 0 radical (unpaired) electrons. The number of halogens is 1. The minimum absolute atomic E-state index is 0.0535. The average molecular weight is 483 g/mol. The van der Waals surface area contributed by atoms with E-state index in [0.29, 0.717) is 13.0 Å². The van der Waals surface area contributed by atoms with Gasteiger partial charge in [-0.1, -0.05) is 5.92 Å². The first kappa shape index (κ1) is 25.0. The Hall–Kier alpha value is -2.68. The molecule has 1 aromatic rings. The van der Waals surface area contributed by atoms with Crippen molar-refractivity contribution in [1.82, 2.24) is 5.48 Å². The first-order chi connectivity index (χ1) is 15.5.